The second kappa shape index (κ2) is 5.84. The number of carbonyl (C=O) groups is 3. The second-order valence-electron chi connectivity index (χ2n) is 6.88. The third-order valence-corrected chi connectivity index (χ3v) is 5.35. The van der Waals surface area contributed by atoms with Crippen molar-refractivity contribution in [2.24, 2.45) is 0 Å². The Morgan fingerprint density at radius 1 is 0.889 bits per heavy atom. The number of hydrogen-bond donors (Lipinski definition) is 0. The number of allylic oxidation sites excluding steroid dienone is 4. The van der Waals surface area contributed by atoms with Gasteiger partial charge in [-0.1, -0.05) is 30.3 Å². The van der Waals surface area contributed by atoms with Crippen LogP contribution in [0.4, 0.5) is 0 Å². The molecule has 5 nitrogen and oxygen atoms in total. The van der Waals surface area contributed by atoms with Gasteiger partial charge in [-0.25, -0.2) is 0 Å². The summed E-state index contributed by atoms with van der Waals surface area (Å²) in [5, 5.41) is 0. The van der Waals surface area contributed by atoms with Gasteiger partial charge in [0, 0.05) is 42.3 Å². The van der Waals surface area contributed by atoms with Gasteiger partial charge in [-0.15, -0.1) is 0 Å². The van der Waals surface area contributed by atoms with Gasteiger partial charge in [-0.05, 0) is 18.1 Å². The molecule has 27 heavy (non-hydrogen) atoms. The van der Waals surface area contributed by atoms with Crippen LogP contribution >= 0.6 is 0 Å². The summed E-state index contributed by atoms with van der Waals surface area (Å²) in [6.07, 6.45) is 4.59. The van der Waals surface area contributed by atoms with Crippen molar-refractivity contribution in [2.75, 3.05) is 0 Å². The van der Waals surface area contributed by atoms with Gasteiger partial charge in [0.05, 0.1) is 11.1 Å². The van der Waals surface area contributed by atoms with Crippen LogP contribution in [0.1, 0.15) is 51.5 Å². The minimum Gasteiger partial charge on any atom is -0.457 e. The van der Waals surface area contributed by atoms with E-state index >= 15 is 0 Å². The average molecular weight is 357 g/mol. The van der Waals surface area contributed by atoms with E-state index in [1.807, 2.05) is 30.3 Å². The van der Waals surface area contributed by atoms with Crippen molar-refractivity contribution in [1.82, 2.24) is 4.98 Å². The molecular formula is C22H15NO4. The number of pyridine rings is 1. The Hall–Kier alpha value is -3.34. The van der Waals surface area contributed by atoms with Crippen LogP contribution in [-0.4, -0.2) is 22.3 Å². The summed E-state index contributed by atoms with van der Waals surface area (Å²) < 4.78 is 5.90. The van der Waals surface area contributed by atoms with Crippen molar-refractivity contribution in [3.05, 3.63) is 88.1 Å². The van der Waals surface area contributed by atoms with Gasteiger partial charge in [0.1, 0.15) is 5.76 Å². The van der Waals surface area contributed by atoms with Crippen molar-refractivity contribution in [1.29, 1.82) is 0 Å². The number of ketones is 3. The van der Waals surface area contributed by atoms with Crippen LogP contribution in [0.25, 0.3) is 0 Å². The number of Topliss-reactive ketones (excluding diaryl/α,β-unsaturated/α-hetero) is 3. The highest BCUT2D eigenvalue weighted by Crippen LogP contribution is 2.47. The highest BCUT2D eigenvalue weighted by Gasteiger charge is 2.46. The van der Waals surface area contributed by atoms with Gasteiger partial charge in [0.15, 0.2) is 17.3 Å². The summed E-state index contributed by atoms with van der Waals surface area (Å²) in [6.45, 7) is 0. The number of carbonyl (C=O) groups excluding carboxylic acids is 3. The normalized spacial score (nSPS) is 21.5. The molecule has 3 aliphatic rings. The first-order valence-corrected chi connectivity index (χ1v) is 8.93. The van der Waals surface area contributed by atoms with Gasteiger partial charge < -0.3 is 4.74 Å². The van der Waals surface area contributed by atoms with Crippen molar-refractivity contribution in [3.63, 3.8) is 0 Å². The molecule has 0 fully saturated rings. The number of fused-ring (bicyclic) bond motifs is 1. The Bertz CT molecular complexity index is 1080. The fourth-order valence-corrected chi connectivity index (χ4v) is 4.14. The molecule has 2 aromatic rings. The first kappa shape index (κ1) is 15.9. The van der Waals surface area contributed by atoms with Crippen molar-refractivity contribution in [2.45, 2.75) is 25.2 Å². The lowest BCUT2D eigenvalue weighted by Gasteiger charge is -2.35. The molecule has 2 heterocycles. The van der Waals surface area contributed by atoms with Crippen LogP contribution in [0.2, 0.25) is 0 Å². The largest absolute Gasteiger partial charge is 0.457 e. The van der Waals surface area contributed by atoms with Gasteiger partial charge in [-0.3, -0.25) is 19.4 Å². The van der Waals surface area contributed by atoms with Crippen molar-refractivity contribution in [3.8, 4) is 0 Å². The number of benzene rings is 1. The topological polar surface area (TPSA) is 73.3 Å². The lowest BCUT2D eigenvalue weighted by molar-refractivity contribution is -0.116. The molecule has 0 amide bonds. The van der Waals surface area contributed by atoms with Crippen LogP contribution < -0.4 is 0 Å². The maximum absolute atomic E-state index is 13.3. The number of rotatable bonds is 1. The predicted molar refractivity (Wildman–Crippen MR) is 96.1 cm³/mol. The molecule has 0 bridgehead atoms. The van der Waals surface area contributed by atoms with E-state index in [0.29, 0.717) is 36.2 Å². The summed E-state index contributed by atoms with van der Waals surface area (Å²) >= 11 is 0. The van der Waals surface area contributed by atoms with Crippen LogP contribution in [0.3, 0.4) is 0 Å². The number of nitrogens with zero attached hydrogens (tertiary/aromatic N) is 1. The van der Waals surface area contributed by atoms with E-state index in [9.17, 15) is 14.4 Å². The summed E-state index contributed by atoms with van der Waals surface area (Å²) in [6, 6.07) is 10.9. The zero-order valence-electron chi connectivity index (χ0n) is 14.4. The maximum atomic E-state index is 13.3. The zero-order valence-corrected chi connectivity index (χ0v) is 14.4. The molecule has 1 aliphatic heterocycles. The van der Waals surface area contributed by atoms with Gasteiger partial charge >= 0.3 is 0 Å². The monoisotopic (exact) mass is 357 g/mol. The number of aromatic nitrogens is 1. The fourth-order valence-electron chi connectivity index (χ4n) is 4.14. The quantitative estimate of drug-likeness (QED) is 0.780. The highest BCUT2D eigenvalue weighted by molar-refractivity contribution is 6.27. The molecule has 1 aromatic carbocycles. The van der Waals surface area contributed by atoms with E-state index in [1.165, 1.54) is 12.4 Å². The molecule has 0 N–H and O–H groups in total. The molecule has 0 radical (unpaired) electrons. The van der Waals surface area contributed by atoms with E-state index in [2.05, 4.69) is 4.98 Å². The molecule has 0 saturated carbocycles. The minimum atomic E-state index is -0.574. The molecule has 5 heteroatoms. The third-order valence-electron chi connectivity index (χ3n) is 5.35. The summed E-state index contributed by atoms with van der Waals surface area (Å²) in [7, 11) is 0. The average Bonchev–Trinajstić information content (AvgIpc) is 2.71. The van der Waals surface area contributed by atoms with Crippen LogP contribution in [0, 0.1) is 0 Å². The third kappa shape index (κ3) is 2.24. The lowest BCUT2D eigenvalue weighted by Crippen LogP contribution is -2.34. The van der Waals surface area contributed by atoms with Crippen molar-refractivity contribution >= 4 is 17.3 Å². The van der Waals surface area contributed by atoms with Crippen LogP contribution in [0.15, 0.2) is 71.5 Å². The Morgan fingerprint density at radius 3 is 2.52 bits per heavy atom. The number of ether oxygens (including phenoxy) is 1. The van der Waals surface area contributed by atoms with E-state index < -0.39 is 5.92 Å². The van der Waals surface area contributed by atoms with E-state index in [-0.39, 0.29) is 34.2 Å². The Morgan fingerprint density at radius 2 is 1.70 bits per heavy atom. The molecule has 0 spiro atoms. The summed E-state index contributed by atoms with van der Waals surface area (Å²) in [5.41, 5.74) is 2.16. The molecule has 0 saturated heterocycles. The summed E-state index contributed by atoms with van der Waals surface area (Å²) in [4.78, 5) is 43.1. The Balaban J connectivity index is 1.77. The van der Waals surface area contributed by atoms with Gasteiger partial charge in [-0.2, -0.15) is 0 Å². The second-order valence-corrected chi connectivity index (χ2v) is 6.88. The number of hydrogen-bond acceptors (Lipinski definition) is 5. The van der Waals surface area contributed by atoms with E-state index in [4.69, 9.17) is 4.74 Å². The van der Waals surface area contributed by atoms with Crippen molar-refractivity contribution < 1.29 is 19.1 Å². The molecule has 1 unspecified atom stereocenters. The van der Waals surface area contributed by atoms with E-state index in [0.717, 1.165) is 5.56 Å². The Labute approximate surface area is 155 Å². The molecule has 2 aliphatic carbocycles. The SMILES string of the molecule is O=C1CCCC2=C1C(c1ccccc1)C1=C(O2)C(=O)c2cnccc2C1=O. The Kier molecular flexibility index (Phi) is 3.44. The molecule has 1 atom stereocenters. The maximum Gasteiger partial charge on any atom is 0.230 e. The molecular weight excluding hydrogens is 342 g/mol. The molecule has 132 valence electrons. The lowest BCUT2D eigenvalue weighted by atomic mass is 9.72. The minimum absolute atomic E-state index is 0.0163. The highest BCUT2D eigenvalue weighted by atomic mass is 16.5. The zero-order chi connectivity index (χ0) is 18.5. The molecule has 1 aromatic heterocycles. The predicted octanol–water partition coefficient (Wildman–Crippen LogP) is 3.54. The fraction of sp³-hybridized carbons (Fsp3) is 0.182. The smallest absolute Gasteiger partial charge is 0.230 e. The summed E-state index contributed by atoms with van der Waals surface area (Å²) in [5.74, 6) is -0.651. The van der Waals surface area contributed by atoms with Crippen LogP contribution in [0.5, 0.6) is 0 Å². The van der Waals surface area contributed by atoms with Crippen LogP contribution in [-0.2, 0) is 9.53 Å². The van der Waals surface area contributed by atoms with Gasteiger partial charge in [0.2, 0.25) is 5.78 Å². The molecule has 5 rings (SSSR count). The van der Waals surface area contributed by atoms with E-state index in [1.54, 1.807) is 6.07 Å². The van der Waals surface area contributed by atoms with Gasteiger partial charge in [0.25, 0.3) is 0 Å². The standard InChI is InChI=1S/C22H15NO4/c24-15-7-4-8-16-18(15)17(12-5-2-1-3-6-12)19-20(25)13-9-10-23-11-14(13)21(26)22(19)27-16/h1-3,5-6,9-11,17H,4,7-8H2. The first-order valence-electron chi connectivity index (χ1n) is 8.93. The first-order chi connectivity index (χ1) is 13.2.